The van der Waals surface area contributed by atoms with Gasteiger partial charge in [-0.2, -0.15) is 0 Å². The molecule has 0 aromatic carbocycles. The normalized spacial score (nSPS) is 27.5. The number of carbonyl (C=O) groups is 1. The van der Waals surface area contributed by atoms with E-state index in [1.165, 1.54) is 12.8 Å². The van der Waals surface area contributed by atoms with Gasteiger partial charge in [-0.05, 0) is 6.42 Å². The molecular weight excluding hydrogens is 164 g/mol. The quantitative estimate of drug-likeness (QED) is 0.482. The van der Waals surface area contributed by atoms with Crippen molar-refractivity contribution in [2.24, 2.45) is 5.92 Å². The summed E-state index contributed by atoms with van der Waals surface area (Å²) < 4.78 is 5.60. The SMILES string of the molecule is CCCC[C@@H]1OCC=C[C@H]1CC=O. The molecule has 1 heterocycles. The van der Waals surface area contributed by atoms with E-state index in [0.29, 0.717) is 18.9 Å². The number of hydrogen-bond acceptors (Lipinski definition) is 2. The van der Waals surface area contributed by atoms with Crippen LogP contribution in [-0.2, 0) is 9.53 Å². The van der Waals surface area contributed by atoms with E-state index >= 15 is 0 Å². The highest BCUT2D eigenvalue weighted by atomic mass is 16.5. The molecule has 0 unspecified atom stereocenters. The fraction of sp³-hybridized carbons (Fsp3) is 0.727. The van der Waals surface area contributed by atoms with Crippen LogP contribution in [0.1, 0.15) is 32.6 Å². The van der Waals surface area contributed by atoms with E-state index in [1.807, 2.05) is 6.08 Å². The molecule has 0 N–H and O–H groups in total. The third kappa shape index (κ3) is 3.31. The van der Waals surface area contributed by atoms with E-state index in [1.54, 1.807) is 0 Å². The molecule has 74 valence electrons. The standard InChI is InChI=1S/C11H18O2/c1-2-3-6-11-10(7-8-12)5-4-9-13-11/h4-5,8,10-11H,2-3,6-7,9H2,1H3/t10-,11-/m0/s1. The van der Waals surface area contributed by atoms with Gasteiger partial charge >= 0.3 is 0 Å². The third-order valence-electron chi connectivity index (χ3n) is 2.48. The van der Waals surface area contributed by atoms with Crippen molar-refractivity contribution in [3.05, 3.63) is 12.2 Å². The fourth-order valence-corrected chi connectivity index (χ4v) is 1.70. The summed E-state index contributed by atoms with van der Waals surface area (Å²) >= 11 is 0. The summed E-state index contributed by atoms with van der Waals surface area (Å²) in [7, 11) is 0. The lowest BCUT2D eigenvalue weighted by atomic mass is 9.93. The van der Waals surface area contributed by atoms with Gasteiger partial charge in [0.2, 0.25) is 0 Å². The second-order valence-electron chi connectivity index (χ2n) is 3.51. The number of ether oxygens (including phenoxy) is 1. The van der Waals surface area contributed by atoms with E-state index in [2.05, 4.69) is 13.0 Å². The van der Waals surface area contributed by atoms with Crippen molar-refractivity contribution >= 4 is 6.29 Å². The van der Waals surface area contributed by atoms with Crippen molar-refractivity contribution in [3.63, 3.8) is 0 Å². The topological polar surface area (TPSA) is 26.3 Å². The van der Waals surface area contributed by atoms with Gasteiger partial charge in [-0.3, -0.25) is 0 Å². The zero-order valence-electron chi connectivity index (χ0n) is 8.24. The van der Waals surface area contributed by atoms with Gasteiger partial charge in [0.25, 0.3) is 0 Å². The average Bonchev–Trinajstić information content (AvgIpc) is 2.17. The highest BCUT2D eigenvalue weighted by Gasteiger charge is 2.21. The Bertz CT molecular complexity index is 175. The van der Waals surface area contributed by atoms with Crippen LogP contribution in [0.15, 0.2) is 12.2 Å². The first kappa shape index (κ1) is 10.5. The van der Waals surface area contributed by atoms with Crippen LogP contribution in [0.25, 0.3) is 0 Å². The lowest BCUT2D eigenvalue weighted by Crippen LogP contribution is -2.26. The molecule has 0 saturated carbocycles. The Balaban J connectivity index is 2.39. The van der Waals surface area contributed by atoms with Gasteiger partial charge in [-0.15, -0.1) is 0 Å². The lowest BCUT2D eigenvalue weighted by Gasteiger charge is -2.26. The number of hydrogen-bond donors (Lipinski definition) is 0. The van der Waals surface area contributed by atoms with E-state index in [4.69, 9.17) is 4.74 Å². The molecule has 2 atom stereocenters. The molecule has 0 amide bonds. The molecule has 0 aromatic heterocycles. The second kappa shape index (κ2) is 5.92. The molecular formula is C11H18O2. The Kier molecular flexibility index (Phi) is 4.76. The van der Waals surface area contributed by atoms with Gasteiger partial charge in [0.05, 0.1) is 12.7 Å². The zero-order valence-corrected chi connectivity index (χ0v) is 8.24. The summed E-state index contributed by atoms with van der Waals surface area (Å²) in [5.74, 6) is 0.317. The third-order valence-corrected chi connectivity index (χ3v) is 2.48. The molecule has 0 aliphatic carbocycles. The van der Waals surface area contributed by atoms with Crippen LogP contribution < -0.4 is 0 Å². The summed E-state index contributed by atoms with van der Waals surface area (Å²) in [5, 5.41) is 0. The number of carbonyl (C=O) groups excluding carboxylic acids is 1. The number of rotatable bonds is 5. The van der Waals surface area contributed by atoms with E-state index in [-0.39, 0.29) is 6.10 Å². The largest absolute Gasteiger partial charge is 0.374 e. The van der Waals surface area contributed by atoms with Crippen molar-refractivity contribution in [2.45, 2.75) is 38.7 Å². The first-order valence-electron chi connectivity index (χ1n) is 5.10. The summed E-state index contributed by atoms with van der Waals surface area (Å²) in [6.07, 6.45) is 9.46. The first-order valence-corrected chi connectivity index (χ1v) is 5.10. The Labute approximate surface area is 80.0 Å². The smallest absolute Gasteiger partial charge is 0.120 e. The predicted molar refractivity (Wildman–Crippen MR) is 52.6 cm³/mol. The molecule has 0 bridgehead atoms. The average molecular weight is 182 g/mol. The van der Waals surface area contributed by atoms with Crippen LogP contribution in [0.2, 0.25) is 0 Å². The molecule has 1 rings (SSSR count). The minimum atomic E-state index is 0.273. The Morgan fingerprint density at radius 3 is 3.15 bits per heavy atom. The van der Waals surface area contributed by atoms with E-state index in [0.717, 1.165) is 12.7 Å². The number of unbranched alkanes of at least 4 members (excludes halogenated alkanes) is 1. The maximum absolute atomic E-state index is 10.4. The Morgan fingerprint density at radius 2 is 2.46 bits per heavy atom. The monoisotopic (exact) mass is 182 g/mol. The fourth-order valence-electron chi connectivity index (χ4n) is 1.70. The molecule has 1 aliphatic heterocycles. The van der Waals surface area contributed by atoms with Crippen molar-refractivity contribution in [1.82, 2.24) is 0 Å². The summed E-state index contributed by atoms with van der Waals surface area (Å²) in [6, 6.07) is 0. The van der Waals surface area contributed by atoms with Gasteiger partial charge in [-0.25, -0.2) is 0 Å². The van der Waals surface area contributed by atoms with Crippen LogP contribution in [0.3, 0.4) is 0 Å². The molecule has 0 fully saturated rings. The molecule has 0 aromatic rings. The second-order valence-corrected chi connectivity index (χ2v) is 3.51. The lowest BCUT2D eigenvalue weighted by molar-refractivity contribution is -0.109. The van der Waals surface area contributed by atoms with E-state index < -0.39 is 0 Å². The van der Waals surface area contributed by atoms with Gasteiger partial charge in [0, 0.05) is 12.3 Å². The Hall–Kier alpha value is -0.630. The van der Waals surface area contributed by atoms with Gasteiger partial charge < -0.3 is 9.53 Å². The van der Waals surface area contributed by atoms with Crippen LogP contribution in [0.4, 0.5) is 0 Å². The summed E-state index contributed by atoms with van der Waals surface area (Å²) in [6.45, 7) is 2.89. The van der Waals surface area contributed by atoms with E-state index in [9.17, 15) is 4.79 Å². The van der Waals surface area contributed by atoms with Crippen molar-refractivity contribution in [3.8, 4) is 0 Å². The van der Waals surface area contributed by atoms with Crippen LogP contribution >= 0.6 is 0 Å². The maximum atomic E-state index is 10.4. The molecule has 0 radical (unpaired) electrons. The highest BCUT2D eigenvalue weighted by Crippen LogP contribution is 2.22. The zero-order chi connectivity index (χ0) is 9.52. The molecule has 2 heteroatoms. The Morgan fingerprint density at radius 1 is 1.62 bits per heavy atom. The molecule has 2 nitrogen and oxygen atoms in total. The number of aldehydes is 1. The van der Waals surface area contributed by atoms with Crippen molar-refractivity contribution in [1.29, 1.82) is 0 Å². The van der Waals surface area contributed by atoms with Gasteiger partial charge in [0.1, 0.15) is 6.29 Å². The van der Waals surface area contributed by atoms with Crippen molar-refractivity contribution in [2.75, 3.05) is 6.61 Å². The van der Waals surface area contributed by atoms with Crippen LogP contribution in [-0.4, -0.2) is 19.0 Å². The molecule has 1 aliphatic rings. The highest BCUT2D eigenvalue weighted by molar-refractivity contribution is 5.50. The summed E-state index contributed by atoms with van der Waals surface area (Å²) in [5.41, 5.74) is 0. The van der Waals surface area contributed by atoms with Crippen molar-refractivity contribution < 1.29 is 9.53 Å². The minimum Gasteiger partial charge on any atom is -0.374 e. The molecule has 0 saturated heterocycles. The summed E-state index contributed by atoms with van der Waals surface area (Å²) in [4.78, 5) is 10.4. The minimum absolute atomic E-state index is 0.273. The molecule has 13 heavy (non-hydrogen) atoms. The predicted octanol–water partition coefficient (Wildman–Crippen LogP) is 2.34. The van der Waals surface area contributed by atoms with Crippen LogP contribution in [0, 0.1) is 5.92 Å². The van der Waals surface area contributed by atoms with Gasteiger partial charge in [0.15, 0.2) is 0 Å². The van der Waals surface area contributed by atoms with Gasteiger partial charge in [-0.1, -0.05) is 31.9 Å². The maximum Gasteiger partial charge on any atom is 0.120 e. The molecule has 0 spiro atoms. The van der Waals surface area contributed by atoms with Crippen LogP contribution in [0.5, 0.6) is 0 Å². The first-order chi connectivity index (χ1) is 6.38.